The zero-order chi connectivity index (χ0) is 21.9. The molecule has 2 aromatic carbocycles. The Balaban J connectivity index is 1.95. The van der Waals surface area contributed by atoms with Gasteiger partial charge in [-0.25, -0.2) is 8.42 Å². The first-order valence-corrected chi connectivity index (χ1v) is 11.1. The standard InChI is InChI=1S/C22H26N4O3S/c1-16(27)23-18-11-8-12-19(13-18)25-30(28,29)20-15-26(24-21(20)22(2,3)4)14-17-9-6-5-7-10-17/h5-13,15,25H,14H2,1-4H3,(H,23,27). The van der Waals surface area contributed by atoms with Crippen molar-refractivity contribution in [2.45, 2.75) is 44.6 Å². The molecule has 0 fully saturated rings. The van der Waals surface area contributed by atoms with Gasteiger partial charge in [0.2, 0.25) is 5.91 Å². The Morgan fingerprint density at radius 3 is 2.33 bits per heavy atom. The van der Waals surface area contributed by atoms with Crippen molar-refractivity contribution in [1.82, 2.24) is 9.78 Å². The molecule has 0 unspecified atom stereocenters. The molecule has 0 aliphatic heterocycles. The minimum atomic E-state index is -3.89. The Morgan fingerprint density at radius 1 is 1.03 bits per heavy atom. The maximum Gasteiger partial charge on any atom is 0.265 e. The van der Waals surface area contributed by atoms with Gasteiger partial charge in [-0.3, -0.25) is 14.2 Å². The van der Waals surface area contributed by atoms with Crippen LogP contribution in [0.3, 0.4) is 0 Å². The lowest BCUT2D eigenvalue weighted by Gasteiger charge is -2.18. The number of hydrogen-bond acceptors (Lipinski definition) is 4. The summed E-state index contributed by atoms with van der Waals surface area (Å²) in [5.74, 6) is -0.229. The molecule has 0 saturated heterocycles. The first kappa shape index (κ1) is 21.6. The van der Waals surface area contributed by atoms with Crippen molar-refractivity contribution in [1.29, 1.82) is 0 Å². The predicted octanol–water partition coefficient (Wildman–Crippen LogP) is 3.99. The van der Waals surface area contributed by atoms with Crippen LogP contribution in [0.15, 0.2) is 65.7 Å². The average molecular weight is 427 g/mol. The minimum absolute atomic E-state index is 0.135. The van der Waals surface area contributed by atoms with Gasteiger partial charge in [-0.1, -0.05) is 57.2 Å². The van der Waals surface area contributed by atoms with Crippen LogP contribution in [-0.2, 0) is 26.8 Å². The van der Waals surface area contributed by atoms with Crippen LogP contribution in [0.2, 0.25) is 0 Å². The maximum absolute atomic E-state index is 13.2. The van der Waals surface area contributed by atoms with E-state index in [4.69, 9.17) is 0 Å². The first-order valence-electron chi connectivity index (χ1n) is 9.57. The zero-order valence-corrected chi connectivity index (χ0v) is 18.3. The number of hydrogen-bond donors (Lipinski definition) is 2. The van der Waals surface area contributed by atoms with Gasteiger partial charge < -0.3 is 5.32 Å². The molecule has 0 saturated carbocycles. The number of nitrogens with one attached hydrogen (secondary N) is 2. The molecule has 3 aromatic rings. The van der Waals surface area contributed by atoms with Crippen LogP contribution in [0.1, 0.15) is 39.0 Å². The SMILES string of the molecule is CC(=O)Nc1cccc(NS(=O)(=O)c2cn(Cc3ccccc3)nc2C(C)(C)C)c1. The molecule has 0 atom stereocenters. The number of anilines is 2. The van der Waals surface area contributed by atoms with Gasteiger partial charge in [-0.15, -0.1) is 0 Å². The largest absolute Gasteiger partial charge is 0.326 e. The third-order valence-electron chi connectivity index (χ3n) is 4.35. The van der Waals surface area contributed by atoms with Crippen molar-refractivity contribution >= 4 is 27.3 Å². The number of carbonyl (C=O) groups is 1. The average Bonchev–Trinajstić information content (AvgIpc) is 3.07. The summed E-state index contributed by atoms with van der Waals surface area (Å²) in [6.45, 7) is 7.65. The molecule has 0 aliphatic carbocycles. The summed E-state index contributed by atoms with van der Waals surface area (Å²) in [5, 5.41) is 7.23. The summed E-state index contributed by atoms with van der Waals surface area (Å²) < 4.78 is 30.7. The summed E-state index contributed by atoms with van der Waals surface area (Å²) in [7, 11) is -3.89. The Morgan fingerprint density at radius 2 is 1.70 bits per heavy atom. The predicted molar refractivity (Wildman–Crippen MR) is 118 cm³/mol. The van der Waals surface area contributed by atoms with Crippen LogP contribution in [0.5, 0.6) is 0 Å². The fraction of sp³-hybridized carbons (Fsp3) is 0.273. The number of nitrogens with zero attached hydrogens (tertiary/aromatic N) is 2. The van der Waals surface area contributed by atoms with Crippen molar-refractivity contribution in [2.75, 3.05) is 10.0 Å². The van der Waals surface area contributed by atoms with Crippen molar-refractivity contribution in [2.24, 2.45) is 0 Å². The first-order chi connectivity index (χ1) is 14.0. The van der Waals surface area contributed by atoms with Gasteiger partial charge in [-0.05, 0) is 23.8 Å². The van der Waals surface area contributed by atoms with E-state index in [0.29, 0.717) is 23.6 Å². The number of carbonyl (C=O) groups excluding carboxylic acids is 1. The molecule has 7 nitrogen and oxygen atoms in total. The van der Waals surface area contributed by atoms with E-state index in [1.807, 2.05) is 51.1 Å². The van der Waals surface area contributed by atoms with Gasteiger partial charge in [0.05, 0.1) is 17.9 Å². The maximum atomic E-state index is 13.2. The Hall–Kier alpha value is -3.13. The lowest BCUT2D eigenvalue weighted by atomic mass is 9.92. The van der Waals surface area contributed by atoms with Crippen molar-refractivity contribution < 1.29 is 13.2 Å². The fourth-order valence-corrected chi connectivity index (χ4v) is 4.45. The lowest BCUT2D eigenvalue weighted by Crippen LogP contribution is -2.20. The van der Waals surface area contributed by atoms with Gasteiger partial charge in [-0.2, -0.15) is 5.10 Å². The van der Waals surface area contributed by atoms with Gasteiger partial charge in [0, 0.05) is 24.2 Å². The number of rotatable bonds is 6. The second-order valence-electron chi connectivity index (χ2n) is 8.14. The highest BCUT2D eigenvalue weighted by Crippen LogP contribution is 2.29. The van der Waals surface area contributed by atoms with Gasteiger partial charge in [0.25, 0.3) is 10.0 Å². The van der Waals surface area contributed by atoms with E-state index in [9.17, 15) is 13.2 Å². The second kappa shape index (κ2) is 8.31. The van der Waals surface area contributed by atoms with Gasteiger partial charge in [0.1, 0.15) is 4.90 Å². The summed E-state index contributed by atoms with van der Waals surface area (Å²) in [6, 6.07) is 16.3. The van der Waals surface area contributed by atoms with Crippen LogP contribution in [-0.4, -0.2) is 24.1 Å². The normalized spacial score (nSPS) is 11.9. The monoisotopic (exact) mass is 426 g/mol. The fourth-order valence-electron chi connectivity index (χ4n) is 3.04. The molecule has 8 heteroatoms. The molecule has 0 spiro atoms. The molecule has 30 heavy (non-hydrogen) atoms. The molecule has 1 heterocycles. The lowest BCUT2D eigenvalue weighted by molar-refractivity contribution is -0.114. The number of sulfonamides is 1. The molecular weight excluding hydrogens is 400 g/mol. The molecular formula is C22H26N4O3S. The Bertz CT molecular complexity index is 1150. The van der Waals surface area contributed by atoms with Crippen molar-refractivity contribution in [3.05, 3.63) is 72.1 Å². The highest BCUT2D eigenvalue weighted by Gasteiger charge is 2.30. The van der Waals surface area contributed by atoms with E-state index in [-0.39, 0.29) is 10.8 Å². The Kier molecular flexibility index (Phi) is 5.98. The van der Waals surface area contributed by atoms with Gasteiger partial charge >= 0.3 is 0 Å². The minimum Gasteiger partial charge on any atom is -0.326 e. The molecule has 3 rings (SSSR count). The number of amides is 1. The molecule has 2 N–H and O–H groups in total. The highest BCUT2D eigenvalue weighted by atomic mass is 32.2. The van der Waals surface area contributed by atoms with E-state index in [2.05, 4.69) is 15.1 Å². The van der Waals surface area contributed by atoms with Gasteiger partial charge in [0.15, 0.2) is 0 Å². The van der Waals surface area contributed by atoms with Crippen LogP contribution < -0.4 is 10.0 Å². The van der Waals surface area contributed by atoms with E-state index >= 15 is 0 Å². The second-order valence-corrected chi connectivity index (χ2v) is 9.79. The molecule has 1 aromatic heterocycles. The smallest absolute Gasteiger partial charge is 0.265 e. The highest BCUT2D eigenvalue weighted by molar-refractivity contribution is 7.92. The van der Waals surface area contributed by atoms with E-state index in [1.165, 1.54) is 6.92 Å². The topological polar surface area (TPSA) is 93.1 Å². The third-order valence-corrected chi connectivity index (χ3v) is 5.73. The zero-order valence-electron chi connectivity index (χ0n) is 17.5. The van der Waals surface area contributed by atoms with Crippen molar-refractivity contribution in [3.8, 4) is 0 Å². The quantitative estimate of drug-likeness (QED) is 0.623. The molecule has 1 amide bonds. The summed E-state index contributed by atoms with van der Waals surface area (Å²) in [4.78, 5) is 11.4. The summed E-state index contributed by atoms with van der Waals surface area (Å²) >= 11 is 0. The summed E-state index contributed by atoms with van der Waals surface area (Å²) in [6.07, 6.45) is 1.56. The molecule has 0 radical (unpaired) electrons. The third kappa shape index (κ3) is 5.27. The molecule has 0 bridgehead atoms. The van der Waals surface area contributed by atoms with E-state index in [0.717, 1.165) is 5.56 Å². The van der Waals surface area contributed by atoms with Crippen LogP contribution in [0, 0.1) is 0 Å². The molecule has 158 valence electrons. The number of aromatic nitrogens is 2. The Labute approximate surface area is 177 Å². The van der Waals surface area contributed by atoms with E-state index in [1.54, 1.807) is 35.1 Å². The van der Waals surface area contributed by atoms with Crippen LogP contribution in [0.4, 0.5) is 11.4 Å². The van der Waals surface area contributed by atoms with E-state index < -0.39 is 15.4 Å². The number of benzene rings is 2. The molecule has 0 aliphatic rings. The van der Waals surface area contributed by atoms with Crippen LogP contribution >= 0.6 is 0 Å². The van der Waals surface area contributed by atoms with Crippen LogP contribution in [0.25, 0.3) is 0 Å². The van der Waals surface area contributed by atoms with Crippen molar-refractivity contribution in [3.63, 3.8) is 0 Å². The summed E-state index contributed by atoms with van der Waals surface area (Å²) in [5.41, 5.74) is 1.92.